The molecule has 0 amide bonds. The Bertz CT molecular complexity index is 999. The second kappa shape index (κ2) is 10.2. The van der Waals surface area contributed by atoms with E-state index in [-0.39, 0.29) is 0 Å². The highest BCUT2D eigenvalue weighted by Crippen LogP contribution is 2.45. The minimum Gasteiger partial charge on any atom is -0.353 e. The molecule has 2 aromatic carbocycles. The van der Waals surface area contributed by atoms with Crippen molar-refractivity contribution >= 4 is 28.9 Å². The number of anilines is 2. The van der Waals surface area contributed by atoms with Gasteiger partial charge in [0.25, 0.3) is 8.79 Å². The Balaban J connectivity index is 2.30. The van der Waals surface area contributed by atoms with Crippen molar-refractivity contribution in [3.8, 4) is 0 Å². The van der Waals surface area contributed by atoms with Crippen molar-refractivity contribution in [3.63, 3.8) is 0 Å². The van der Waals surface area contributed by atoms with Gasteiger partial charge in [-0.2, -0.15) is 0 Å². The van der Waals surface area contributed by atoms with Gasteiger partial charge in [-0.25, -0.2) is 0 Å². The first-order chi connectivity index (χ1) is 15.5. The van der Waals surface area contributed by atoms with Crippen LogP contribution in [0.4, 0.5) is 11.4 Å². The number of rotatable bonds is 6. The summed E-state index contributed by atoms with van der Waals surface area (Å²) in [5, 5.41) is 0. The highest BCUT2D eigenvalue weighted by molar-refractivity contribution is 7.63. The van der Waals surface area contributed by atoms with E-state index < -0.39 is 8.79 Å². The van der Waals surface area contributed by atoms with Crippen LogP contribution in [0.1, 0.15) is 108 Å². The minimum atomic E-state index is -1.76. The van der Waals surface area contributed by atoms with Gasteiger partial charge in [-0.05, 0) is 58.9 Å². The van der Waals surface area contributed by atoms with Gasteiger partial charge < -0.3 is 9.13 Å². The Morgan fingerprint density at radius 2 is 1.00 bits per heavy atom. The number of nitrogens with zero attached hydrogens (tertiary/aromatic N) is 2. The molecule has 2 aromatic rings. The molecule has 2 unspecified atom stereocenters. The second-order valence-corrected chi connectivity index (χ2v) is 14.3. The molecule has 1 aliphatic heterocycles. The quantitative estimate of drug-likeness (QED) is 0.303. The summed E-state index contributed by atoms with van der Waals surface area (Å²) in [6, 6.07) is 13.7. The van der Waals surface area contributed by atoms with Crippen molar-refractivity contribution in [3.05, 3.63) is 82.7 Å². The maximum Gasteiger partial charge on any atom is 0.276 e. The molecule has 1 aliphatic rings. The SMILES string of the molecule is C=C1C=C(C)N(c2c(C(C)C)cccc2C(C)C)[SiH](P)N1c1c(C(C)C)cccc1C(C)C. The Labute approximate surface area is 206 Å². The van der Waals surface area contributed by atoms with Crippen LogP contribution in [0.2, 0.25) is 0 Å². The second-order valence-electron chi connectivity index (χ2n) is 10.6. The van der Waals surface area contributed by atoms with Gasteiger partial charge in [0.2, 0.25) is 0 Å². The molecule has 3 rings (SSSR count). The molecule has 0 fully saturated rings. The van der Waals surface area contributed by atoms with Crippen LogP contribution in [0, 0.1) is 0 Å². The molecule has 0 radical (unpaired) electrons. The van der Waals surface area contributed by atoms with Gasteiger partial charge in [0.05, 0.1) is 0 Å². The summed E-state index contributed by atoms with van der Waals surface area (Å²) >= 11 is 0. The third kappa shape index (κ3) is 4.86. The van der Waals surface area contributed by atoms with Gasteiger partial charge in [-0.1, -0.05) is 98.4 Å². The maximum absolute atomic E-state index is 4.56. The first kappa shape index (κ1) is 25.8. The summed E-state index contributed by atoms with van der Waals surface area (Å²) < 4.78 is 5.24. The van der Waals surface area contributed by atoms with Gasteiger partial charge in [0.1, 0.15) is 0 Å². The summed E-state index contributed by atoms with van der Waals surface area (Å²) in [5.74, 6) is 1.83. The molecule has 0 saturated carbocycles. The normalized spacial score (nSPS) is 17.1. The topological polar surface area (TPSA) is 6.48 Å². The fraction of sp³-hybridized carbons (Fsp3) is 0.448. The lowest BCUT2D eigenvalue weighted by Gasteiger charge is -2.47. The summed E-state index contributed by atoms with van der Waals surface area (Å²) in [4.78, 5) is 0. The lowest BCUT2D eigenvalue weighted by molar-refractivity contribution is 0.825. The Kier molecular flexibility index (Phi) is 7.97. The molecule has 0 aromatic heterocycles. The van der Waals surface area contributed by atoms with Gasteiger partial charge in [-0.15, -0.1) is 8.79 Å². The molecule has 178 valence electrons. The van der Waals surface area contributed by atoms with Gasteiger partial charge in [0.15, 0.2) is 0 Å². The fourth-order valence-electron chi connectivity index (χ4n) is 5.04. The van der Waals surface area contributed by atoms with Crippen LogP contribution < -0.4 is 9.13 Å². The zero-order valence-electron chi connectivity index (χ0n) is 22.1. The number of allylic oxidation sites excluding steroid dienone is 2. The van der Waals surface area contributed by atoms with Crippen molar-refractivity contribution in [2.45, 2.75) is 86.0 Å². The summed E-state index contributed by atoms with van der Waals surface area (Å²) in [7, 11) is 1.53. The molecule has 0 N–H and O–H groups in total. The van der Waals surface area contributed by atoms with Crippen LogP contribution in [0.3, 0.4) is 0 Å². The molecule has 33 heavy (non-hydrogen) atoms. The predicted octanol–water partition coefficient (Wildman–Crippen LogP) is 8.52. The van der Waals surface area contributed by atoms with Crippen molar-refractivity contribution in [1.82, 2.24) is 0 Å². The standard InChI is InChI=1S/C29H43N2PSi/c1-18(2)24-13-11-14-25(19(3)4)28(24)30-22(9)17-23(10)31(33(30)32)29-26(20(5)6)15-12-16-27(29)21(7)8/h11-21,33H,9,32H2,1-8,10H3. The van der Waals surface area contributed by atoms with Crippen molar-refractivity contribution < 1.29 is 0 Å². The van der Waals surface area contributed by atoms with Crippen LogP contribution in [0.25, 0.3) is 0 Å². The largest absolute Gasteiger partial charge is 0.353 e. The summed E-state index contributed by atoms with van der Waals surface area (Å²) in [6.07, 6.45) is 2.29. The number of hydrogen-bond acceptors (Lipinski definition) is 2. The number of benzene rings is 2. The Morgan fingerprint density at radius 1 is 0.667 bits per heavy atom. The molecule has 2 nitrogen and oxygen atoms in total. The minimum absolute atomic E-state index is 0.451. The molecular formula is C29H43N2PSi. The van der Waals surface area contributed by atoms with Crippen LogP contribution in [-0.4, -0.2) is 8.79 Å². The molecule has 0 spiro atoms. The van der Waals surface area contributed by atoms with E-state index in [0.29, 0.717) is 23.7 Å². The monoisotopic (exact) mass is 478 g/mol. The predicted molar refractivity (Wildman–Crippen MR) is 154 cm³/mol. The van der Waals surface area contributed by atoms with E-state index >= 15 is 0 Å². The Morgan fingerprint density at radius 3 is 1.33 bits per heavy atom. The summed E-state index contributed by atoms with van der Waals surface area (Å²) in [6.45, 7) is 25.3. The van der Waals surface area contributed by atoms with Gasteiger partial charge in [-0.3, -0.25) is 0 Å². The average molecular weight is 479 g/mol. The van der Waals surface area contributed by atoms with E-state index in [4.69, 9.17) is 0 Å². The average Bonchev–Trinajstić information content (AvgIpc) is 2.72. The van der Waals surface area contributed by atoms with E-state index in [9.17, 15) is 0 Å². The zero-order chi connectivity index (χ0) is 24.6. The number of hydrogen-bond donors (Lipinski definition) is 0. The first-order valence-corrected chi connectivity index (χ1v) is 16.1. The number of para-hydroxylation sites is 2. The molecule has 0 saturated heterocycles. The molecular weight excluding hydrogens is 435 g/mol. The lowest BCUT2D eigenvalue weighted by Crippen LogP contribution is -2.52. The van der Waals surface area contributed by atoms with Crippen molar-refractivity contribution in [1.29, 1.82) is 0 Å². The van der Waals surface area contributed by atoms with Crippen LogP contribution in [-0.2, 0) is 0 Å². The van der Waals surface area contributed by atoms with E-state index in [1.54, 1.807) is 0 Å². The zero-order valence-corrected chi connectivity index (χ0v) is 24.4. The van der Waals surface area contributed by atoms with Crippen molar-refractivity contribution in [2.75, 3.05) is 9.13 Å². The van der Waals surface area contributed by atoms with E-state index in [0.717, 1.165) is 5.70 Å². The molecule has 0 aliphatic carbocycles. The third-order valence-electron chi connectivity index (χ3n) is 6.76. The van der Waals surface area contributed by atoms with Crippen LogP contribution in [0.5, 0.6) is 0 Å². The molecule has 1 heterocycles. The molecule has 2 atom stereocenters. The third-order valence-corrected chi connectivity index (χ3v) is 10.9. The molecule has 0 bridgehead atoms. The van der Waals surface area contributed by atoms with Gasteiger partial charge >= 0.3 is 0 Å². The van der Waals surface area contributed by atoms with Crippen LogP contribution in [0.15, 0.2) is 60.4 Å². The maximum atomic E-state index is 4.56. The summed E-state index contributed by atoms with van der Waals surface area (Å²) in [5.41, 5.74) is 10.9. The van der Waals surface area contributed by atoms with E-state index in [1.807, 2.05) is 0 Å². The highest BCUT2D eigenvalue weighted by Gasteiger charge is 2.36. The van der Waals surface area contributed by atoms with E-state index in [1.165, 1.54) is 39.3 Å². The first-order valence-electron chi connectivity index (χ1n) is 12.4. The highest BCUT2D eigenvalue weighted by atomic mass is 31.3. The lowest BCUT2D eigenvalue weighted by atomic mass is 9.92. The smallest absolute Gasteiger partial charge is 0.276 e. The van der Waals surface area contributed by atoms with E-state index in [2.05, 4.69) is 129 Å². The van der Waals surface area contributed by atoms with Crippen LogP contribution >= 0.6 is 8.79 Å². The van der Waals surface area contributed by atoms with Gasteiger partial charge in [0, 0.05) is 22.8 Å². The molecule has 4 heteroatoms. The Hall–Kier alpha value is -1.83. The fourth-order valence-corrected chi connectivity index (χ4v) is 9.48. The van der Waals surface area contributed by atoms with Crippen molar-refractivity contribution in [2.24, 2.45) is 0 Å².